The topological polar surface area (TPSA) is 91.3 Å². The lowest BCUT2D eigenvalue weighted by Crippen LogP contribution is -2.29. The molecule has 170 valence electrons. The second-order valence-corrected chi connectivity index (χ2v) is 8.25. The zero-order valence-electron chi connectivity index (χ0n) is 18.9. The van der Waals surface area contributed by atoms with Crippen LogP contribution in [-0.4, -0.2) is 57.2 Å². The highest BCUT2D eigenvalue weighted by molar-refractivity contribution is 5.80. The smallest absolute Gasteiger partial charge is 0.228 e. The monoisotopic (exact) mass is 444 g/mol. The van der Waals surface area contributed by atoms with Crippen LogP contribution in [0.3, 0.4) is 0 Å². The first-order chi connectivity index (χ1) is 16.0. The Bertz CT molecular complexity index is 1110. The summed E-state index contributed by atoms with van der Waals surface area (Å²) in [4.78, 5) is 42.2. The highest BCUT2D eigenvalue weighted by Gasteiger charge is 2.32. The number of anilines is 1. The molecule has 3 aromatic rings. The molecule has 8 nitrogen and oxygen atoms in total. The Balaban J connectivity index is 1.45. The van der Waals surface area contributed by atoms with Gasteiger partial charge in [0.15, 0.2) is 0 Å². The maximum Gasteiger partial charge on any atom is 0.228 e. The molecule has 0 radical (unpaired) electrons. The van der Waals surface area contributed by atoms with Gasteiger partial charge in [0, 0.05) is 57.5 Å². The summed E-state index contributed by atoms with van der Waals surface area (Å²) in [6.07, 6.45) is 2.32. The summed E-state index contributed by atoms with van der Waals surface area (Å²) in [5.41, 5.74) is 2.65. The van der Waals surface area contributed by atoms with Crippen molar-refractivity contribution in [2.45, 2.75) is 31.8 Å². The van der Waals surface area contributed by atoms with Crippen molar-refractivity contribution < 1.29 is 9.59 Å². The second-order valence-electron chi connectivity index (χ2n) is 8.25. The molecule has 1 aliphatic rings. The first-order valence-corrected chi connectivity index (χ1v) is 11.0. The SMILES string of the molecule is CNc1cc([C@H]2CC(=O)N(Cc3ccccc3)C2)nc(CN(C)C(=O)Cc2ccccn2)n1. The van der Waals surface area contributed by atoms with Crippen LogP contribution in [0.2, 0.25) is 0 Å². The van der Waals surface area contributed by atoms with Crippen LogP contribution in [-0.2, 0) is 29.1 Å². The Hall–Kier alpha value is -3.81. The molecule has 2 amide bonds. The summed E-state index contributed by atoms with van der Waals surface area (Å²) in [7, 11) is 3.54. The summed E-state index contributed by atoms with van der Waals surface area (Å²) in [5, 5.41) is 3.07. The molecule has 1 aromatic carbocycles. The molecule has 0 unspecified atom stereocenters. The molecule has 8 heteroatoms. The van der Waals surface area contributed by atoms with Gasteiger partial charge in [-0.05, 0) is 17.7 Å². The molecular formula is C25H28N6O2. The normalized spacial score (nSPS) is 15.5. The van der Waals surface area contributed by atoms with Crippen LogP contribution < -0.4 is 5.32 Å². The van der Waals surface area contributed by atoms with E-state index in [1.165, 1.54) is 0 Å². The number of carbonyl (C=O) groups excluding carboxylic acids is 2. The summed E-state index contributed by atoms with van der Waals surface area (Å²) in [5.74, 6) is 1.28. The lowest BCUT2D eigenvalue weighted by atomic mass is 10.0. The molecule has 1 aliphatic heterocycles. The first-order valence-electron chi connectivity index (χ1n) is 11.0. The van der Waals surface area contributed by atoms with Gasteiger partial charge in [-0.15, -0.1) is 0 Å². The summed E-state index contributed by atoms with van der Waals surface area (Å²) < 4.78 is 0. The van der Waals surface area contributed by atoms with E-state index in [0.29, 0.717) is 31.2 Å². The predicted octanol–water partition coefficient (Wildman–Crippen LogP) is 2.63. The van der Waals surface area contributed by atoms with E-state index in [-0.39, 0.29) is 30.7 Å². The number of carbonyl (C=O) groups is 2. The predicted molar refractivity (Wildman–Crippen MR) is 125 cm³/mol. The van der Waals surface area contributed by atoms with E-state index in [4.69, 9.17) is 4.98 Å². The van der Waals surface area contributed by atoms with Gasteiger partial charge in [0.1, 0.15) is 11.6 Å². The fourth-order valence-corrected chi connectivity index (χ4v) is 3.95. The Morgan fingerprint density at radius 3 is 2.67 bits per heavy atom. The molecule has 3 heterocycles. The van der Waals surface area contributed by atoms with E-state index >= 15 is 0 Å². The number of hydrogen-bond donors (Lipinski definition) is 1. The van der Waals surface area contributed by atoms with E-state index < -0.39 is 0 Å². The molecular weight excluding hydrogens is 416 g/mol. The van der Waals surface area contributed by atoms with Gasteiger partial charge >= 0.3 is 0 Å². The number of amides is 2. The van der Waals surface area contributed by atoms with Crippen molar-refractivity contribution >= 4 is 17.6 Å². The maximum atomic E-state index is 12.7. The van der Waals surface area contributed by atoms with Crippen LogP contribution in [0.1, 0.15) is 35.1 Å². The molecule has 0 aliphatic carbocycles. The number of pyridine rings is 1. The number of rotatable bonds is 8. The van der Waals surface area contributed by atoms with Gasteiger partial charge in [0.2, 0.25) is 11.8 Å². The van der Waals surface area contributed by atoms with Gasteiger partial charge in [-0.25, -0.2) is 9.97 Å². The number of hydrogen-bond acceptors (Lipinski definition) is 6. The van der Waals surface area contributed by atoms with Gasteiger partial charge in [-0.1, -0.05) is 36.4 Å². The molecule has 2 aromatic heterocycles. The third-order valence-corrected chi connectivity index (χ3v) is 5.76. The van der Waals surface area contributed by atoms with Crippen molar-refractivity contribution in [3.05, 3.63) is 83.6 Å². The molecule has 4 rings (SSSR count). The highest BCUT2D eigenvalue weighted by Crippen LogP contribution is 2.29. The fraction of sp³-hybridized carbons (Fsp3) is 0.320. The first kappa shape index (κ1) is 22.4. The largest absolute Gasteiger partial charge is 0.373 e. The third kappa shape index (κ3) is 5.71. The van der Waals surface area contributed by atoms with Crippen LogP contribution in [0.25, 0.3) is 0 Å². The Morgan fingerprint density at radius 1 is 1.15 bits per heavy atom. The van der Waals surface area contributed by atoms with Crippen LogP contribution in [0.5, 0.6) is 0 Å². The molecule has 1 atom stereocenters. The van der Waals surface area contributed by atoms with Crippen molar-refractivity contribution in [2.24, 2.45) is 0 Å². The number of benzene rings is 1. The number of aromatic nitrogens is 3. The summed E-state index contributed by atoms with van der Waals surface area (Å²) in [6.45, 7) is 1.49. The van der Waals surface area contributed by atoms with E-state index in [9.17, 15) is 9.59 Å². The lowest BCUT2D eigenvalue weighted by molar-refractivity contribution is -0.130. The van der Waals surface area contributed by atoms with Gasteiger partial charge < -0.3 is 15.1 Å². The van der Waals surface area contributed by atoms with Crippen molar-refractivity contribution in [2.75, 3.05) is 26.0 Å². The molecule has 0 bridgehead atoms. The summed E-state index contributed by atoms with van der Waals surface area (Å²) in [6, 6.07) is 17.4. The van der Waals surface area contributed by atoms with Gasteiger partial charge in [-0.2, -0.15) is 0 Å². The van der Waals surface area contributed by atoms with Crippen LogP contribution in [0.15, 0.2) is 60.8 Å². The Morgan fingerprint density at radius 2 is 1.94 bits per heavy atom. The minimum atomic E-state index is -0.0567. The van der Waals surface area contributed by atoms with E-state index in [1.54, 1.807) is 25.2 Å². The Kier molecular flexibility index (Phi) is 6.92. The van der Waals surface area contributed by atoms with Crippen molar-refractivity contribution in [3.63, 3.8) is 0 Å². The zero-order chi connectivity index (χ0) is 23.2. The average Bonchev–Trinajstić information content (AvgIpc) is 3.20. The van der Waals surface area contributed by atoms with Gasteiger partial charge in [-0.3, -0.25) is 14.6 Å². The lowest BCUT2D eigenvalue weighted by Gasteiger charge is -2.19. The summed E-state index contributed by atoms with van der Waals surface area (Å²) >= 11 is 0. The van der Waals surface area contributed by atoms with Crippen molar-refractivity contribution in [3.8, 4) is 0 Å². The number of nitrogens with zero attached hydrogens (tertiary/aromatic N) is 5. The number of likely N-dealkylation sites (tertiary alicyclic amines) is 1. The van der Waals surface area contributed by atoms with Crippen LogP contribution in [0, 0.1) is 0 Å². The van der Waals surface area contributed by atoms with Gasteiger partial charge in [0.05, 0.1) is 18.7 Å². The molecule has 1 fully saturated rings. The number of likely N-dealkylation sites (N-methyl/N-ethyl adjacent to an activating group) is 1. The Labute approximate surface area is 193 Å². The molecule has 0 spiro atoms. The quantitative estimate of drug-likeness (QED) is 0.574. The minimum absolute atomic E-state index is 0.00964. The maximum absolute atomic E-state index is 12.7. The average molecular weight is 445 g/mol. The molecule has 1 saturated heterocycles. The highest BCUT2D eigenvalue weighted by atomic mass is 16.2. The van der Waals surface area contributed by atoms with E-state index in [1.807, 2.05) is 59.5 Å². The molecule has 0 saturated carbocycles. The molecule has 33 heavy (non-hydrogen) atoms. The van der Waals surface area contributed by atoms with Crippen LogP contribution >= 0.6 is 0 Å². The van der Waals surface area contributed by atoms with E-state index in [0.717, 1.165) is 17.0 Å². The van der Waals surface area contributed by atoms with Crippen molar-refractivity contribution in [1.82, 2.24) is 24.8 Å². The third-order valence-electron chi connectivity index (χ3n) is 5.76. The van der Waals surface area contributed by atoms with E-state index in [2.05, 4.69) is 15.3 Å². The zero-order valence-corrected chi connectivity index (χ0v) is 18.9. The molecule has 1 N–H and O–H groups in total. The standard InChI is InChI=1S/C25H28N6O2/c1-26-22-14-21(19-12-25(33)31(16-19)15-18-8-4-3-5-9-18)28-23(29-22)17-30(2)24(32)13-20-10-6-7-11-27-20/h3-11,14,19H,12-13,15-17H2,1-2H3,(H,26,28,29)/t19-/m0/s1. The fourth-order valence-electron chi connectivity index (χ4n) is 3.95. The van der Waals surface area contributed by atoms with Crippen LogP contribution in [0.4, 0.5) is 5.82 Å². The van der Waals surface area contributed by atoms with Gasteiger partial charge in [0.25, 0.3) is 0 Å². The van der Waals surface area contributed by atoms with Crippen molar-refractivity contribution in [1.29, 1.82) is 0 Å². The minimum Gasteiger partial charge on any atom is -0.373 e. The number of nitrogens with one attached hydrogen (secondary N) is 1. The second kappa shape index (κ2) is 10.2.